The van der Waals surface area contributed by atoms with Gasteiger partial charge in [0.15, 0.2) is 0 Å². The summed E-state index contributed by atoms with van der Waals surface area (Å²) in [4.78, 5) is 2.57. The van der Waals surface area contributed by atoms with Gasteiger partial charge in [0.25, 0.3) is 0 Å². The van der Waals surface area contributed by atoms with E-state index in [0.717, 1.165) is 13.1 Å². The Morgan fingerprint density at radius 2 is 1.67 bits per heavy atom. The Morgan fingerprint density at radius 1 is 1.00 bits per heavy atom. The first kappa shape index (κ1) is 13.3. The quantitative estimate of drug-likeness (QED) is 0.793. The Hall–Kier alpha value is 0.210. The molecule has 0 aromatic heterocycles. The smallest absolute Gasteiger partial charge is 0.0105 e. The summed E-state index contributed by atoms with van der Waals surface area (Å²) >= 11 is 0. The van der Waals surface area contributed by atoms with Gasteiger partial charge in [0, 0.05) is 19.6 Å². The van der Waals surface area contributed by atoms with Crippen molar-refractivity contribution >= 4 is 12.4 Å². The van der Waals surface area contributed by atoms with Crippen LogP contribution < -0.4 is 5.73 Å². The molecule has 1 heterocycles. The van der Waals surface area contributed by atoms with Crippen LogP contribution in [0.3, 0.4) is 0 Å². The van der Waals surface area contributed by atoms with E-state index in [4.69, 9.17) is 5.73 Å². The van der Waals surface area contributed by atoms with Crippen molar-refractivity contribution in [3.8, 4) is 0 Å². The van der Waals surface area contributed by atoms with E-state index in [1.54, 1.807) is 0 Å². The Kier molecular flexibility index (Phi) is 5.37. The summed E-state index contributed by atoms with van der Waals surface area (Å²) in [6, 6.07) is 0. The first-order valence-corrected chi connectivity index (χ1v) is 6.27. The fourth-order valence-corrected chi connectivity index (χ4v) is 3.29. The Balaban J connectivity index is 0.00000112. The van der Waals surface area contributed by atoms with Gasteiger partial charge in [-0.1, -0.05) is 25.7 Å². The van der Waals surface area contributed by atoms with E-state index < -0.39 is 0 Å². The van der Waals surface area contributed by atoms with Crippen molar-refractivity contribution in [1.82, 2.24) is 4.90 Å². The third-order valence-electron chi connectivity index (χ3n) is 4.13. The summed E-state index contributed by atoms with van der Waals surface area (Å²) in [6.45, 7) is 4.58. The molecule has 2 aliphatic rings. The van der Waals surface area contributed by atoms with E-state index in [0.29, 0.717) is 5.41 Å². The van der Waals surface area contributed by atoms with Crippen molar-refractivity contribution in [2.45, 2.75) is 44.9 Å². The maximum absolute atomic E-state index is 5.62. The maximum atomic E-state index is 5.62. The van der Waals surface area contributed by atoms with E-state index in [2.05, 4.69) is 4.90 Å². The lowest BCUT2D eigenvalue weighted by Crippen LogP contribution is -2.30. The lowest BCUT2D eigenvalue weighted by Gasteiger charge is -2.27. The molecular weight excluding hydrogens is 208 g/mol. The highest BCUT2D eigenvalue weighted by Gasteiger charge is 2.37. The molecule has 0 radical (unpaired) electrons. The van der Waals surface area contributed by atoms with Crippen LogP contribution in [0, 0.1) is 5.41 Å². The Bertz CT molecular complexity index is 176. The largest absolute Gasteiger partial charge is 0.329 e. The van der Waals surface area contributed by atoms with E-state index in [1.165, 1.54) is 58.0 Å². The topological polar surface area (TPSA) is 29.3 Å². The van der Waals surface area contributed by atoms with Crippen molar-refractivity contribution in [1.29, 1.82) is 0 Å². The number of hydrogen-bond acceptors (Lipinski definition) is 2. The van der Waals surface area contributed by atoms with Gasteiger partial charge < -0.3 is 10.6 Å². The van der Waals surface area contributed by atoms with Crippen LogP contribution in [0.2, 0.25) is 0 Å². The average Bonchev–Trinajstić information content (AvgIpc) is 2.43. The number of nitrogens with two attached hydrogens (primary N) is 1. The summed E-state index contributed by atoms with van der Waals surface area (Å²) in [5.74, 6) is 0. The molecule has 2 N–H and O–H groups in total. The van der Waals surface area contributed by atoms with Crippen LogP contribution in [0.1, 0.15) is 44.9 Å². The van der Waals surface area contributed by atoms with Gasteiger partial charge in [-0.15, -0.1) is 12.4 Å². The monoisotopic (exact) mass is 232 g/mol. The minimum absolute atomic E-state index is 0. The highest BCUT2D eigenvalue weighted by atomic mass is 35.5. The Morgan fingerprint density at radius 3 is 2.27 bits per heavy atom. The minimum Gasteiger partial charge on any atom is -0.329 e. The second-order valence-corrected chi connectivity index (χ2v) is 5.23. The molecule has 0 unspecified atom stereocenters. The second kappa shape index (κ2) is 6.07. The number of likely N-dealkylation sites (tertiary alicyclic amines) is 1. The van der Waals surface area contributed by atoms with Crippen LogP contribution in [-0.2, 0) is 0 Å². The number of nitrogens with zero attached hydrogens (tertiary/aromatic N) is 1. The van der Waals surface area contributed by atoms with E-state index in [-0.39, 0.29) is 12.4 Å². The zero-order valence-electron chi connectivity index (χ0n) is 9.71. The molecule has 0 aromatic carbocycles. The summed E-state index contributed by atoms with van der Waals surface area (Å²) in [7, 11) is 0. The van der Waals surface area contributed by atoms with Crippen LogP contribution in [0.5, 0.6) is 0 Å². The SMILES string of the molecule is Cl.NCCN1CCC2(CCCCCC2)C1. The molecule has 2 rings (SSSR count). The van der Waals surface area contributed by atoms with Gasteiger partial charge in [-0.3, -0.25) is 0 Å². The van der Waals surface area contributed by atoms with Gasteiger partial charge in [-0.05, 0) is 31.2 Å². The van der Waals surface area contributed by atoms with Crippen LogP contribution in [0.4, 0.5) is 0 Å². The molecule has 0 aromatic rings. The average molecular weight is 233 g/mol. The molecule has 1 aliphatic carbocycles. The summed E-state index contributed by atoms with van der Waals surface area (Å²) in [5.41, 5.74) is 6.32. The fourth-order valence-electron chi connectivity index (χ4n) is 3.29. The summed E-state index contributed by atoms with van der Waals surface area (Å²) in [6.07, 6.45) is 10.3. The van der Waals surface area contributed by atoms with Crippen LogP contribution in [0.25, 0.3) is 0 Å². The molecule has 15 heavy (non-hydrogen) atoms. The predicted molar refractivity (Wildman–Crippen MR) is 67.5 cm³/mol. The number of halogens is 1. The molecule has 90 valence electrons. The van der Waals surface area contributed by atoms with Crippen molar-refractivity contribution in [3.63, 3.8) is 0 Å². The van der Waals surface area contributed by atoms with Crippen molar-refractivity contribution in [2.24, 2.45) is 11.1 Å². The number of hydrogen-bond donors (Lipinski definition) is 1. The van der Waals surface area contributed by atoms with E-state index >= 15 is 0 Å². The van der Waals surface area contributed by atoms with Gasteiger partial charge in [-0.2, -0.15) is 0 Å². The van der Waals surface area contributed by atoms with Gasteiger partial charge >= 0.3 is 0 Å². The molecular formula is C12H25ClN2. The van der Waals surface area contributed by atoms with E-state index in [9.17, 15) is 0 Å². The number of rotatable bonds is 2. The first-order valence-electron chi connectivity index (χ1n) is 6.27. The maximum Gasteiger partial charge on any atom is 0.0105 e. The molecule has 2 fully saturated rings. The van der Waals surface area contributed by atoms with Gasteiger partial charge in [-0.25, -0.2) is 0 Å². The zero-order chi connectivity index (χ0) is 9.86. The zero-order valence-corrected chi connectivity index (χ0v) is 10.5. The Labute approximate surface area is 100.0 Å². The lowest BCUT2D eigenvalue weighted by atomic mass is 9.80. The van der Waals surface area contributed by atoms with Crippen LogP contribution in [0.15, 0.2) is 0 Å². The third kappa shape index (κ3) is 3.33. The lowest BCUT2D eigenvalue weighted by molar-refractivity contribution is 0.231. The molecule has 1 spiro atoms. The normalized spacial score (nSPS) is 26.2. The molecule has 3 heteroatoms. The van der Waals surface area contributed by atoms with Crippen molar-refractivity contribution in [3.05, 3.63) is 0 Å². The molecule has 1 aliphatic heterocycles. The second-order valence-electron chi connectivity index (χ2n) is 5.23. The van der Waals surface area contributed by atoms with Crippen LogP contribution >= 0.6 is 12.4 Å². The highest BCUT2D eigenvalue weighted by Crippen LogP contribution is 2.42. The minimum atomic E-state index is 0. The predicted octanol–water partition coefficient (Wildman–Crippen LogP) is 2.41. The molecule has 1 saturated carbocycles. The third-order valence-corrected chi connectivity index (χ3v) is 4.13. The van der Waals surface area contributed by atoms with E-state index in [1.807, 2.05) is 0 Å². The van der Waals surface area contributed by atoms with Gasteiger partial charge in [0.2, 0.25) is 0 Å². The molecule has 0 bridgehead atoms. The summed E-state index contributed by atoms with van der Waals surface area (Å²) < 4.78 is 0. The molecule has 0 atom stereocenters. The first-order chi connectivity index (χ1) is 6.85. The highest BCUT2D eigenvalue weighted by molar-refractivity contribution is 5.85. The van der Waals surface area contributed by atoms with Crippen LogP contribution in [-0.4, -0.2) is 31.1 Å². The van der Waals surface area contributed by atoms with Crippen molar-refractivity contribution in [2.75, 3.05) is 26.2 Å². The standard InChI is InChI=1S/C12H24N2.ClH/c13-8-10-14-9-7-12(11-14)5-3-1-2-4-6-12;/h1-11,13H2;1H. The molecule has 0 amide bonds. The van der Waals surface area contributed by atoms with Gasteiger partial charge in [0.1, 0.15) is 0 Å². The summed E-state index contributed by atoms with van der Waals surface area (Å²) in [5, 5.41) is 0. The van der Waals surface area contributed by atoms with Crippen molar-refractivity contribution < 1.29 is 0 Å². The molecule has 1 saturated heterocycles. The van der Waals surface area contributed by atoms with Gasteiger partial charge in [0.05, 0.1) is 0 Å². The fraction of sp³-hybridized carbons (Fsp3) is 1.00. The molecule has 2 nitrogen and oxygen atoms in total.